The summed E-state index contributed by atoms with van der Waals surface area (Å²) in [5.74, 6) is -2.98. The summed E-state index contributed by atoms with van der Waals surface area (Å²) < 4.78 is 29.8. The van der Waals surface area contributed by atoms with Crippen molar-refractivity contribution in [2.24, 2.45) is 0 Å². The quantitative estimate of drug-likeness (QED) is 0.350. The van der Waals surface area contributed by atoms with E-state index < -0.39 is 38.3 Å². The second kappa shape index (κ2) is 8.50. The number of aromatic carboxylic acids is 1. The first-order valence-corrected chi connectivity index (χ1v) is 6.33. The van der Waals surface area contributed by atoms with E-state index >= 15 is 0 Å². The smallest absolute Gasteiger partial charge is 0.339 e. The number of carbonyl (C=O) groups is 2. The van der Waals surface area contributed by atoms with Crippen LogP contribution in [0, 0.1) is 0 Å². The molecule has 0 saturated heterocycles. The number of carboxylic acids is 2. The van der Waals surface area contributed by atoms with Crippen LogP contribution in [0.15, 0.2) is 35.2 Å². The topological polar surface area (TPSA) is 149 Å². The molecule has 0 heterocycles. The maximum absolute atomic E-state index is 10.6. The van der Waals surface area contributed by atoms with E-state index in [2.05, 4.69) is 6.58 Å². The Morgan fingerprint density at radius 1 is 1.19 bits per heavy atom. The van der Waals surface area contributed by atoms with Gasteiger partial charge in [0, 0.05) is 25.1 Å². The van der Waals surface area contributed by atoms with Gasteiger partial charge in [-0.05, 0) is 25.1 Å². The van der Waals surface area contributed by atoms with Gasteiger partial charge in [-0.15, -0.1) is 0 Å². The fourth-order valence-electron chi connectivity index (χ4n) is 0.847. The van der Waals surface area contributed by atoms with Gasteiger partial charge in [0.1, 0.15) is 11.3 Å². The van der Waals surface area contributed by atoms with Crippen LogP contribution in [0.5, 0.6) is 5.75 Å². The van der Waals surface area contributed by atoms with Gasteiger partial charge >= 0.3 is 11.9 Å². The summed E-state index contributed by atoms with van der Waals surface area (Å²) in [6.45, 7) is 4.60. The number of hydrogen-bond acceptors (Lipinski definition) is 5. The van der Waals surface area contributed by atoms with Gasteiger partial charge < -0.3 is 15.3 Å². The molecule has 0 aliphatic heterocycles. The Labute approximate surface area is 133 Å². The molecule has 1 aromatic rings. The molecule has 1 aromatic carbocycles. The van der Waals surface area contributed by atoms with Gasteiger partial charge in [0.15, 0.2) is 0 Å². The SMILES string of the molecule is C=C(C)C(=O)O.O=C(O)c1cc(S(=O)(=O)O)ccc1O.[Zn]. The Balaban J connectivity index is 0. The number of aromatic hydroxyl groups is 1. The standard InChI is InChI=1S/C7H6O6S.C4H6O2.Zn/c8-6-2-1-4(14(11,12)13)3-5(6)7(9)10;1-3(2)4(5)6;/h1-3,8H,(H,9,10)(H,11,12,13);1H2,2H3,(H,5,6);. The van der Waals surface area contributed by atoms with E-state index in [9.17, 15) is 18.0 Å². The zero-order chi connectivity index (χ0) is 16.1. The minimum atomic E-state index is -4.45. The minimum absolute atomic E-state index is 0. The Bertz CT molecular complexity index is 638. The zero-order valence-electron chi connectivity index (χ0n) is 11.0. The molecule has 0 aromatic heterocycles. The van der Waals surface area contributed by atoms with E-state index in [1.54, 1.807) is 0 Å². The molecule has 112 valence electrons. The van der Waals surface area contributed by atoms with E-state index in [0.717, 1.165) is 12.1 Å². The third-order valence-corrected chi connectivity index (χ3v) is 2.71. The number of rotatable bonds is 3. The molecule has 0 atom stereocenters. The molecule has 1 rings (SSSR count). The number of phenols is 1. The Hall–Kier alpha value is -1.77. The first-order chi connectivity index (χ1) is 8.96. The Morgan fingerprint density at radius 3 is 1.90 bits per heavy atom. The van der Waals surface area contributed by atoms with E-state index in [0.29, 0.717) is 6.07 Å². The van der Waals surface area contributed by atoms with Gasteiger partial charge in [0.05, 0.1) is 4.90 Å². The Morgan fingerprint density at radius 2 is 1.62 bits per heavy atom. The summed E-state index contributed by atoms with van der Waals surface area (Å²) in [6, 6.07) is 2.46. The second-order valence-corrected chi connectivity index (χ2v) is 4.97. The van der Waals surface area contributed by atoms with Crippen LogP contribution >= 0.6 is 0 Å². The second-order valence-electron chi connectivity index (χ2n) is 3.54. The van der Waals surface area contributed by atoms with Crippen LogP contribution in [0.4, 0.5) is 0 Å². The summed E-state index contributed by atoms with van der Waals surface area (Å²) in [4.78, 5) is 19.5. The van der Waals surface area contributed by atoms with Crippen LogP contribution < -0.4 is 0 Å². The number of aliphatic carboxylic acids is 1. The first kappa shape index (κ1) is 21.5. The fourth-order valence-corrected chi connectivity index (χ4v) is 1.35. The summed E-state index contributed by atoms with van der Waals surface area (Å²) in [5, 5.41) is 25.4. The van der Waals surface area contributed by atoms with Gasteiger partial charge in [0.25, 0.3) is 10.1 Å². The molecule has 0 bridgehead atoms. The molecule has 8 nitrogen and oxygen atoms in total. The van der Waals surface area contributed by atoms with Crippen molar-refractivity contribution >= 4 is 22.1 Å². The van der Waals surface area contributed by atoms with Crippen molar-refractivity contribution in [1.29, 1.82) is 0 Å². The third-order valence-electron chi connectivity index (χ3n) is 1.86. The predicted molar refractivity (Wildman–Crippen MR) is 67.3 cm³/mol. The van der Waals surface area contributed by atoms with Crippen molar-refractivity contribution in [3.05, 3.63) is 35.9 Å². The zero-order valence-corrected chi connectivity index (χ0v) is 14.8. The molecule has 0 saturated carbocycles. The average molecular weight is 370 g/mol. The van der Waals surface area contributed by atoms with E-state index in [4.69, 9.17) is 19.9 Å². The third kappa shape index (κ3) is 7.55. The number of benzene rings is 1. The molecule has 4 N–H and O–H groups in total. The Kier molecular flexibility index (Phi) is 8.72. The molecule has 0 aliphatic rings. The monoisotopic (exact) mass is 368 g/mol. The molecular weight excluding hydrogens is 358 g/mol. The maximum atomic E-state index is 10.6. The molecule has 0 spiro atoms. The average Bonchev–Trinajstić information content (AvgIpc) is 2.28. The molecule has 0 aliphatic carbocycles. The fraction of sp³-hybridized carbons (Fsp3) is 0.0909. The minimum Gasteiger partial charge on any atom is -0.507 e. The number of carboxylic acid groups (broad SMARTS) is 2. The van der Waals surface area contributed by atoms with Crippen molar-refractivity contribution in [3.63, 3.8) is 0 Å². The van der Waals surface area contributed by atoms with Gasteiger partial charge in [-0.3, -0.25) is 4.55 Å². The van der Waals surface area contributed by atoms with Crippen molar-refractivity contribution in [1.82, 2.24) is 0 Å². The van der Waals surface area contributed by atoms with Gasteiger partial charge in [-0.2, -0.15) is 8.42 Å². The van der Waals surface area contributed by atoms with E-state index in [1.807, 2.05) is 0 Å². The van der Waals surface area contributed by atoms with Crippen LogP contribution in [0.1, 0.15) is 17.3 Å². The molecular formula is C11H12O8SZn. The molecule has 0 fully saturated rings. The van der Waals surface area contributed by atoms with Crippen molar-refractivity contribution < 1.29 is 57.4 Å². The van der Waals surface area contributed by atoms with Gasteiger partial charge in [0.2, 0.25) is 0 Å². The van der Waals surface area contributed by atoms with Crippen molar-refractivity contribution in [2.75, 3.05) is 0 Å². The van der Waals surface area contributed by atoms with E-state index in [1.165, 1.54) is 6.92 Å². The normalized spacial score (nSPS) is 9.62. The first-order valence-electron chi connectivity index (χ1n) is 4.89. The van der Waals surface area contributed by atoms with Crippen LogP contribution in [-0.4, -0.2) is 40.2 Å². The van der Waals surface area contributed by atoms with Crippen LogP contribution in [0.2, 0.25) is 0 Å². The molecule has 10 heteroatoms. The maximum Gasteiger partial charge on any atom is 0.339 e. The van der Waals surface area contributed by atoms with Crippen LogP contribution in [-0.2, 0) is 34.4 Å². The summed E-state index contributed by atoms with van der Waals surface area (Å²) in [7, 11) is -4.45. The molecule has 0 radical (unpaired) electrons. The van der Waals surface area contributed by atoms with Gasteiger partial charge in [-0.25, -0.2) is 9.59 Å². The summed E-state index contributed by atoms with van der Waals surface area (Å²) in [6.07, 6.45) is 0. The van der Waals surface area contributed by atoms with Crippen molar-refractivity contribution in [3.8, 4) is 5.75 Å². The summed E-state index contributed by atoms with van der Waals surface area (Å²) >= 11 is 0. The number of hydrogen-bond donors (Lipinski definition) is 4. The van der Waals surface area contributed by atoms with Crippen LogP contribution in [0.3, 0.4) is 0 Å². The van der Waals surface area contributed by atoms with Crippen molar-refractivity contribution in [2.45, 2.75) is 11.8 Å². The van der Waals surface area contributed by atoms with Gasteiger partial charge in [-0.1, -0.05) is 6.58 Å². The molecule has 0 unspecified atom stereocenters. The van der Waals surface area contributed by atoms with E-state index in [-0.39, 0.29) is 25.1 Å². The molecule has 0 amide bonds. The molecule has 21 heavy (non-hydrogen) atoms. The largest absolute Gasteiger partial charge is 0.507 e. The predicted octanol–water partition coefficient (Wildman–Crippen LogP) is 0.982. The summed E-state index contributed by atoms with van der Waals surface area (Å²) in [5.41, 5.74) is -0.407. The van der Waals surface area contributed by atoms with Crippen LogP contribution in [0.25, 0.3) is 0 Å².